The molecular formula is C42H42N6O16S6. The highest BCUT2D eigenvalue weighted by Crippen LogP contribution is 2.41. The third-order valence-electron chi connectivity index (χ3n) is 10.6. The van der Waals surface area contributed by atoms with E-state index < -0.39 is 123 Å². The number of nitrogen functional groups attached to an aromatic ring is 6. The SMILES string of the molecule is Cc1cc(-c2cc(C)c(N)cc2S(=O)(=O)OS(=O)(=O)c2cc(N)ccc2C=Cc2ccc(N)cc2S(=O)(=O)OS(=O)(=O)c2cc(N)c(C)cc2-c2cc(C)c(N)cc2S(=O)(=O)O)c(S(=O)(=O)O)cc1N. The maximum Gasteiger partial charge on any atom is 0.312 e. The van der Waals surface area contributed by atoms with E-state index in [-0.39, 0.29) is 56.4 Å². The normalized spacial score (nSPS) is 12.9. The van der Waals surface area contributed by atoms with Crippen LogP contribution in [0.3, 0.4) is 0 Å². The van der Waals surface area contributed by atoms with Crippen LogP contribution in [0.25, 0.3) is 34.4 Å². The Balaban J connectivity index is 1.43. The molecule has 0 aliphatic rings. The van der Waals surface area contributed by atoms with Crippen molar-refractivity contribution in [3.8, 4) is 22.3 Å². The second kappa shape index (κ2) is 18.3. The molecule has 0 radical (unpaired) electrons. The van der Waals surface area contributed by atoms with E-state index >= 15 is 0 Å². The molecule has 372 valence electrons. The number of rotatable bonds is 14. The Labute approximate surface area is 403 Å². The molecule has 14 N–H and O–H groups in total. The minimum Gasteiger partial charge on any atom is -0.399 e. The van der Waals surface area contributed by atoms with Crippen molar-refractivity contribution in [2.75, 3.05) is 34.4 Å². The van der Waals surface area contributed by atoms with Crippen molar-refractivity contribution in [2.24, 2.45) is 0 Å². The average Bonchev–Trinajstić information content (AvgIpc) is 3.22. The summed E-state index contributed by atoms with van der Waals surface area (Å²) < 4.78 is 192. The van der Waals surface area contributed by atoms with Crippen molar-refractivity contribution in [1.82, 2.24) is 0 Å². The van der Waals surface area contributed by atoms with E-state index in [2.05, 4.69) is 0 Å². The van der Waals surface area contributed by atoms with E-state index in [0.717, 1.165) is 84.9 Å². The second-order valence-corrected chi connectivity index (χ2v) is 24.9. The first-order valence-corrected chi connectivity index (χ1v) is 28.0. The Bertz CT molecular complexity index is 3700. The maximum absolute atomic E-state index is 14.1. The lowest BCUT2D eigenvalue weighted by Crippen LogP contribution is -2.17. The maximum atomic E-state index is 14.1. The van der Waals surface area contributed by atoms with Crippen LogP contribution < -0.4 is 34.4 Å². The van der Waals surface area contributed by atoms with Gasteiger partial charge in [0.2, 0.25) is 0 Å². The molecule has 6 rings (SSSR count). The van der Waals surface area contributed by atoms with Gasteiger partial charge in [0.15, 0.2) is 0 Å². The Morgan fingerprint density at radius 1 is 0.357 bits per heavy atom. The highest BCUT2D eigenvalue weighted by atomic mass is 32.3. The van der Waals surface area contributed by atoms with Crippen molar-refractivity contribution in [2.45, 2.75) is 57.1 Å². The molecule has 0 fully saturated rings. The summed E-state index contributed by atoms with van der Waals surface area (Å²) in [5, 5.41) is 0. The van der Waals surface area contributed by atoms with E-state index in [1.165, 1.54) is 39.8 Å². The van der Waals surface area contributed by atoms with Crippen molar-refractivity contribution in [3.05, 3.63) is 118 Å². The van der Waals surface area contributed by atoms with Gasteiger partial charge < -0.3 is 34.4 Å². The van der Waals surface area contributed by atoms with Gasteiger partial charge in [-0.2, -0.15) is 50.5 Å². The van der Waals surface area contributed by atoms with Crippen LogP contribution in [-0.2, 0) is 68.0 Å². The zero-order chi connectivity index (χ0) is 52.4. The molecule has 0 amide bonds. The molecule has 0 aliphatic carbocycles. The van der Waals surface area contributed by atoms with Crippen LogP contribution in [-0.4, -0.2) is 59.6 Å². The number of anilines is 6. The van der Waals surface area contributed by atoms with Crippen LogP contribution in [0.4, 0.5) is 34.1 Å². The number of aryl methyl sites for hydroxylation is 4. The Morgan fingerprint density at radius 3 is 0.871 bits per heavy atom. The van der Waals surface area contributed by atoms with Crippen molar-refractivity contribution >= 4 is 107 Å². The lowest BCUT2D eigenvalue weighted by Gasteiger charge is -2.17. The van der Waals surface area contributed by atoms with Crippen LogP contribution in [0.5, 0.6) is 0 Å². The largest absolute Gasteiger partial charge is 0.399 e. The number of benzene rings is 6. The topological polar surface area (TPSA) is 420 Å². The zero-order valence-corrected chi connectivity index (χ0v) is 41.7. The van der Waals surface area contributed by atoms with Gasteiger partial charge in [0.05, 0.1) is 0 Å². The summed E-state index contributed by atoms with van der Waals surface area (Å²) in [5.74, 6) is 0. The Morgan fingerprint density at radius 2 is 0.600 bits per heavy atom. The molecule has 0 aromatic heterocycles. The Kier molecular flexibility index (Phi) is 13.8. The fraction of sp³-hybridized carbons (Fsp3) is 0.0952. The highest BCUT2D eigenvalue weighted by molar-refractivity contribution is 8.00. The van der Waals surface area contributed by atoms with Gasteiger partial charge in [0.1, 0.15) is 29.4 Å². The molecule has 0 spiro atoms. The van der Waals surface area contributed by atoms with Crippen LogP contribution in [0.1, 0.15) is 33.4 Å². The third kappa shape index (κ3) is 10.7. The first kappa shape index (κ1) is 52.8. The molecule has 22 nitrogen and oxygen atoms in total. The predicted octanol–water partition coefficient (Wildman–Crippen LogP) is 4.60. The van der Waals surface area contributed by atoms with Gasteiger partial charge in [-0.15, -0.1) is 7.26 Å². The Hall–Kier alpha value is -6.60. The second-order valence-electron chi connectivity index (χ2n) is 15.7. The molecule has 0 bridgehead atoms. The van der Waals surface area contributed by atoms with Gasteiger partial charge in [-0.1, -0.05) is 24.3 Å². The summed E-state index contributed by atoms with van der Waals surface area (Å²) in [4.78, 5) is -5.40. The van der Waals surface area contributed by atoms with E-state index in [0.29, 0.717) is 0 Å². The summed E-state index contributed by atoms with van der Waals surface area (Å²) in [6, 6.07) is 14.0. The van der Waals surface area contributed by atoms with Crippen LogP contribution in [0, 0.1) is 27.7 Å². The fourth-order valence-electron chi connectivity index (χ4n) is 6.87. The monoisotopic (exact) mass is 1080 g/mol. The summed E-state index contributed by atoms with van der Waals surface area (Å²) >= 11 is 0. The van der Waals surface area contributed by atoms with Crippen LogP contribution in [0.15, 0.2) is 114 Å². The van der Waals surface area contributed by atoms with Gasteiger partial charge in [0.25, 0.3) is 20.2 Å². The van der Waals surface area contributed by atoms with Gasteiger partial charge in [-0.25, -0.2) is 0 Å². The molecule has 6 aromatic carbocycles. The fourth-order valence-corrected chi connectivity index (χ4v) is 14.2. The third-order valence-corrected chi connectivity index (χ3v) is 18.8. The van der Waals surface area contributed by atoms with Gasteiger partial charge in [-0.05, 0) is 134 Å². The van der Waals surface area contributed by atoms with Crippen molar-refractivity contribution in [1.29, 1.82) is 0 Å². The van der Waals surface area contributed by atoms with Gasteiger partial charge >= 0.3 is 40.5 Å². The summed E-state index contributed by atoms with van der Waals surface area (Å²) in [7, 11) is -32.3. The highest BCUT2D eigenvalue weighted by Gasteiger charge is 2.35. The average molecular weight is 1080 g/mol. The van der Waals surface area contributed by atoms with Crippen LogP contribution >= 0.6 is 0 Å². The predicted molar refractivity (Wildman–Crippen MR) is 262 cm³/mol. The van der Waals surface area contributed by atoms with E-state index in [1.54, 1.807) is 0 Å². The zero-order valence-electron chi connectivity index (χ0n) is 36.8. The molecular weight excluding hydrogens is 1040 g/mol. The smallest absolute Gasteiger partial charge is 0.312 e. The molecule has 28 heteroatoms. The molecule has 0 unspecified atom stereocenters. The first-order valence-electron chi connectivity index (χ1n) is 19.5. The first-order chi connectivity index (χ1) is 32.0. The molecule has 0 saturated heterocycles. The van der Waals surface area contributed by atoms with Gasteiger partial charge in [-0.3, -0.25) is 9.11 Å². The molecule has 0 heterocycles. The summed E-state index contributed by atoms with van der Waals surface area (Å²) in [6.07, 6.45) is 1.93. The van der Waals surface area contributed by atoms with E-state index in [9.17, 15) is 59.6 Å². The van der Waals surface area contributed by atoms with Crippen LogP contribution in [0.2, 0.25) is 0 Å². The molecule has 0 aliphatic heterocycles. The molecule has 0 atom stereocenters. The van der Waals surface area contributed by atoms with Crippen molar-refractivity contribution in [3.63, 3.8) is 0 Å². The summed E-state index contributed by atoms with van der Waals surface area (Å²) in [6.45, 7) is 5.77. The van der Waals surface area contributed by atoms with E-state index in [1.807, 2.05) is 0 Å². The lowest BCUT2D eigenvalue weighted by atomic mass is 10.00. The molecule has 0 saturated carbocycles. The van der Waals surface area contributed by atoms with Crippen molar-refractivity contribution < 1.29 is 66.9 Å². The lowest BCUT2D eigenvalue weighted by molar-refractivity contribution is 0.458. The molecule has 6 aromatic rings. The molecule has 70 heavy (non-hydrogen) atoms. The number of hydrogen-bond acceptors (Lipinski definition) is 20. The minimum absolute atomic E-state index is 0.0960. The number of nitrogens with two attached hydrogens (primary N) is 6. The standard InChI is InChI=1S/C42H42N6O16S6/c1-21-11-29(39(17-33(21)45)65(49,50)51)31-13-23(3)35(47)19-41(31)69(59,60)63-67(55,56)37-15-27(43)9-7-25(37)5-6-26-8-10-28(44)16-38(26)68(57,58)64-70(61,62)42-20-36(48)24(4)14-32(42)30-12-22(2)34(46)18-40(30)66(52,53)54/h5-20H,43-48H2,1-4H3,(H,49,50,51)(H,52,53,54). The van der Waals surface area contributed by atoms with E-state index in [4.69, 9.17) is 41.7 Å². The quantitative estimate of drug-likeness (QED) is 0.0419. The van der Waals surface area contributed by atoms with Gasteiger partial charge in [0, 0.05) is 56.4 Å². The minimum atomic E-state index is -5.54. The number of hydrogen-bond donors (Lipinski definition) is 8. The summed E-state index contributed by atoms with van der Waals surface area (Å²) in [5.41, 5.74) is 32.9.